The number of carboxylic acid groups (broad SMARTS) is 1. The van der Waals surface area contributed by atoms with Crippen LogP contribution in [0.5, 0.6) is 0 Å². The summed E-state index contributed by atoms with van der Waals surface area (Å²) >= 11 is 7.32. The van der Waals surface area contributed by atoms with E-state index < -0.39 is 17.3 Å². The fourth-order valence-corrected chi connectivity index (χ4v) is 4.16. The van der Waals surface area contributed by atoms with Gasteiger partial charge >= 0.3 is 0 Å². The highest BCUT2D eigenvalue weighted by Gasteiger charge is 2.43. The lowest BCUT2D eigenvalue weighted by atomic mass is 9.65. The molecule has 0 aliphatic heterocycles. The number of carboxylic acids is 1. The van der Waals surface area contributed by atoms with Gasteiger partial charge in [-0.3, -0.25) is 0 Å². The highest BCUT2D eigenvalue weighted by molar-refractivity contribution is 7.16. The standard InChI is InChI=1S/C13H14ClNO2S/c14-11-5-4-10(18-11)13(6-2-1-3-7-13)9(8-15)12(16)17/h4-5,9H,1-3,6-7H2,(H,16,17)/p-1/t9-/m0/s1. The summed E-state index contributed by atoms with van der Waals surface area (Å²) < 4.78 is 0.630. The van der Waals surface area contributed by atoms with E-state index in [0.29, 0.717) is 4.34 Å². The van der Waals surface area contributed by atoms with E-state index in [9.17, 15) is 15.2 Å². The number of thiophene rings is 1. The van der Waals surface area contributed by atoms with Crippen molar-refractivity contribution in [1.29, 1.82) is 5.26 Å². The van der Waals surface area contributed by atoms with Gasteiger partial charge in [-0.25, -0.2) is 0 Å². The molecule has 0 N–H and O–H groups in total. The van der Waals surface area contributed by atoms with Crippen LogP contribution in [0, 0.1) is 17.2 Å². The molecule has 0 radical (unpaired) electrons. The molecule has 0 amide bonds. The van der Waals surface area contributed by atoms with Gasteiger partial charge in [-0.1, -0.05) is 30.9 Å². The summed E-state index contributed by atoms with van der Waals surface area (Å²) in [6.45, 7) is 0. The molecular weight excluding hydrogens is 270 g/mol. The van der Waals surface area contributed by atoms with Crippen molar-refractivity contribution < 1.29 is 9.90 Å². The smallest absolute Gasteiger partial charge is 0.0962 e. The van der Waals surface area contributed by atoms with Crippen molar-refractivity contribution >= 4 is 28.9 Å². The molecule has 96 valence electrons. The van der Waals surface area contributed by atoms with Crippen LogP contribution >= 0.6 is 22.9 Å². The molecule has 1 heterocycles. The van der Waals surface area contributed by atoms with Gasteiger partial charge < -0.3 is 9.90 Å². The van der Waals surface area contributed by atoms with Gasteiger partial charge in [0.25, 0.3) is 0 Å². The number of nitriles is 1. The van der Waals surface area contributed by atoms with Crippen molar-refractivity contribution in [2.45, 2.75) is 37.5 Å². The van der Waals surface area contributed by atoms with E-state index in [2.05, 4.69) is 0 Å². The van der Waals surface area contributed by atoms with E-state index in [4.69, 9.17) is 11.6 Å². The van der Waals surface area contributed by atoms with Gasteiger partial charge in [-0.15, -0.1) is 11.3 Å². The van der Waals surface area contributed by atoms with Gasteiger partial charge in [0.05, 0.1) is 22.3 Å². The third-order valence-corrected chi connectivity index (χ3v) is 5.18. The minimum Gasteiger partial charge on any atom is -0.549 e. The summed E-state index contributed by atoms with van der Waals surface area (Å²) in [7, 11) is 0. The topological polar surface area (TPSA) is 63.9 Å². The van der Waals surface area contributed by atoms with Gasteiger partial charge in [-0.05, 0) is 25.0 Å². The molecule has 1 aliphatic carbocycles. The van der Waals surface area contributed by atoms with Crippen LogP contribution in [-0.4, -0.2) is 5.97 Å². The molecule has 1 fully saturated rings. The summed E-state index contributed by atoms with van der Waals surface area (Å²) in [4.78, 5) is 12.2. The Labute approximate surface area is 115 Å². The third-order valence-electron chi connectivity index (χ3n) is 3.73. The number of hydrogen-bond acceptors (Lipinski definition) is 4. The van der Waals surface area contributed by atoms with E-state index >= 15 is 0 Å². The lowest BCUT2D eigenvalue weighted by molar-refractivity contribution is -0.311. The molecule has 0 unspecified atom stereocenters. The van der Waals surface area contributed by atoms with Gasteiger partial charge in [0.2, 0.25) is 0 Å². The second-order valence-electron chi connectivity index (χ2n) is 4.70. The van der Waals surface area contributed by atoms with Crippen molar-refractivity contribution in [3.05, 3.63) is 21.3 Å². The Morgan fingerprint density at radius 3 is 2.56 bits per heavy atom. The molecule has 2 rings (SSSR count). The zero-order chi connectivity index (χ0) is 13.2. The van der Waals surface area contributed by atoms with Crippen LogP contribution in [0.25, 0.3) is 0 Å². The Morgan fingerprint density at radius 2 is 2.11 bits per heavy atom. The average Bonchev–Trinajstić information content (AvgIpc) is 2.78. The van der Waals surface area contributed by atoms with Crippen molar-refractivity contribution in [2.24, 2.45) is 5.92 Å². The molecule has 1 aliphatic rings. The highest BCUT2D eigenvalue weighted by Crippen LogP contribution is 2.48. The van der Waals surface area contributed by atoms with Crippen molar-refractivity contribution in [3.63, 3.8) is 0 Å². The summed E-state index contributed by atoms with van der Waals surface area (Å²) in [6, 6.07) is 5.54. The second kappa shape index (κ2) is 5.29. The first-order chi connectivity index (χ1) is 8.60. The van der Waals surface area contributed by atoms with Crippen LogP contribution in [0.4, 0.5) is 0 Å². The monoisotopic (exact) mass is 282 g/mol. The van der Waals surface area contributed by atoms with Crippen molar-refractivity contribution in [1.82, 2.24) is 0 Å². The van der Waals surface area contributed by atoms with E-state index in [1.54, 1.807) is 6.07 Å². The molecule has 0 bridgehead atoms. The predicted molar refractivity (Wildman–Crippen MR) is 68.2 cm³/mol. The first-order valence-corrected chi connectivity index (χ1v) is 7.16. The molecule has 1 saturated carbocycles. The van der Waals surface area contributed by atoms with Crippen molar-refractivity contribution in [3.8, 4) is 6.07 Å². The Morgan fingerprint density at radius 1 is 1.44 bits per heavy atom. The van der Waals surface area contributed by atoms with Crippen LogP contribution in [0.2, 0.25) is 4.34 Å². The molecule has 1 atom stereocenters. The summed E-state index contributed by atoms with van der Waals surface area (Å²) in [5.74, 6) is -2.36. The molecule has 1 aromatic rings. The van der Waals surface area contributed by atoms with Gasteiger partial charge in [0.15, 0.2) is 0 Å². The minimum atomic E-state index is -1.27. The number of carbonyl (C=O) groups is 1. The minimum absolute atomic E-state index is 0.607. The fraction of sp³-hybridized carbons (Fsp3) is 0.538. The number of halogens is 1. The van der Waals surface area contributed by atoms with E-state index in [-0.39, 0.29) is 0 Å². The predicted octanol–water partition coefficient (Wildman–Crippen LogP) is 2.49. The Kier molecular flexibility index (Phi) is 3.94. The molecule has 0 saturated heterocycles. The zero-order valence-electron chi connectivity index (χ0n) is 9.82. The summed E-state index contributed by atoms with van der Waals surface area (Å²) in [5.41, 5.74) is -0.607. The van der Waals surface area contributed by atoms with Crippen LogP contribution in [-0.2, 0) is 10.2 Å². The molecule has 1 aromatic heterocycles. The number of hydrogen-bond donors (Lipinski definition) is 0. The molecule has 0 aromatic carbocycles. The lowest BCUT2D eigenvalue weighted by Crippen LogP contribution is -2.46. The average molecular weight is 283 g/mol. The van der Waals surface area contributed by atoms with E-state index in [1.165, 1.54) is 11.3 Å². The molecule has 5 heteroatoms. The number of nitrogens with zero attached hydrogens (tertiary/aromatic N) is 1. The Hall–Kier alpha value is -1.05. The van der Waals surface area contributed by atoms with Crippen LogP contribution < -0.4 is 5.11 Å². The maximum Gasteiger partial charge on any atom is 0.0962 e. The SMILES string of the molecule is N#C[C@@H](C(=O)[O-])C1(c2ccc(Cl)s2)CCCCC1. The number of rotatable bonds is 3. The van der Waals surface area contributed by atoms with Crippen LogP contribution in [0.1, 0.15) is 37.0 Å². The fourth-order valence-electron chi connectivity index (χ4n) is 2.84. The van der Waals surface area contributed by atoms with Crippen LogP contribution in [0.15, 0.2) is 12.1 Å². The van der Waals surface area contributed by atoms with Gasteiger partial charge in [-0.2, -0.15) is 5.26 Å². The first kappa shape index (κ1) is 13.4. The third kappa shape index (κ3) is 2.25. The maximum absolute atomic E-state index is 11.3. The van der Waals surface area contributed by atoms with E-state index in [1.807, 2.05) is 12.1 Å². The van der Waals surface area contributed by atoms with Gasteiger partial charge in [0, 0.05) is 10.3 Å². The van der Waals surface area contributed by atoms with E-state index in [0.717, 1.165) is 37.0 Å². The van der Waals surface area contributed by atoms with Crippen molar-refractivity contribution in [2.75, 3.05) is 0 Å². The Bertz CT molecular complexity index is 485. The van der Waals surface area contributed by atoms with Gasteiger partial charge in [0.1, 0.15) is 0 Å². The molecule has 0 spiro atoms. The quantitative estimate of drug-likeness (QED) is 0.855. The highest BCUT2D eigenvalue weighted by atomic mass is 35.5. The maximum atomic E-state index is 11.3. The summed E-state index contributed by atoms with van der Waals surface area (Å²) in [6.07, 6.45) is 4.42. The number of carbonyl (C=O) groups excluding carboxylic acids is 1. The van der Waals surface area contributed by atoms with Crippen LogP contribution in [0.3, 0.4) is 0 Å². The molecule has 3 nitrogen and oxygen atoms in total. The lowest BCUT2D eigenvalue weighted by Gasteiger charge is -2.40. The number of aliphatic carboxylic acids is 1. The normalized spacial score (nSPS) is 20.0. The Balaban J connectivity index is 2.46. The summed E-state index contributed by atoms with van der Waals surface area (Å²) in [5, 5.41) is 20.4. The first-order valence-electron chi connectivity index (χ1n) is 5.96. The molecular formula is C13H13ClNO2S-. The largest absolute Gasteiger partial charge is 0.549 e. The second-order valence-corrected chi connectivity index (χ2v) is 6.42. The zero-order valence-corrected chi connectivity index (χ0v) is 11.4. The molecule has 18 heavy (non-hydrogen) atoms.